The minimum absolute atomic E-state index is 0.219. The highest BCUT2D eigenvalue weighted by Crippen LogP contribution is 2.29. The van der Waals surface area contributed by atoms with Crippen LogP contribution < -0.4 is 10.2 Å². The highest BCUT2D eigenvalue weighted by molar-refractivity contribution is 7.09. The number of thiophene rings is 1. The van der Waals surface area contributed by atoms with Crippen molar-refractivity contribution in [3.8, 4) is 0 Å². The summed E-state index contributed by atoms with van der Waals surface area (Å²) in [6.07, 6.45) is 0.347. The molecule has 0 saturated carbocycles. The molecule has 1 saturated heterocycles. The van der Waals surface area contributed by atoms with Gasteiger partial charge in [-0.05, 0) is 60.3 Å². The molecule has 1 fully saturated rings. The minimum Gasteiger partial charge on any atom is -0.326 e. The molecule has 2 heterocycles. The second kappa shape index (κ2) is 9.50. The van der Waals surface area contributed by atoms with Crippen LogP contribution in [0.3, 0.4) is 0 Å². The molecule has 1 N–H and O–H groups in total. The number of urea groups is 1. The van der Waals surface area contributed by atoms with Gasteiger partial charge in [0.1, 0.15) is 11.9 Å². The Morgan fingerprint density at radius 2 is 1.88 bits per heavy atom. The molecule has 0 radical (unpaired) electrons. The number of hydrogen-bond acceptors (Lipinski definition) is 4. The van der Waals surface area contributed by atoms with Gasteiger partial charge in [-0.3, -0.25) is 9.59 Å². The lowest BCUT2D eigenvalue weighted by Gasteiger charge is -2.21. The van der Waals surface area contributed by atoms with Gasteiger partial charge in [0.05, 0.1) is 12.1 Å². The predicted molar refractivity (Wildman–Crippen MR) is 122 cm³/mol. The first-order valence-corrected chi connectivity index (χ1v) is 11.2. The summed E-state index contributed by atoms with van der Waals surface area (Å²) in [5, 5.41) is 4.99. The van der Waals surface area contributed by atoms with Gasteiger partial charge in [-0.15, -0.1) is 11.3 Å². The lowest BCUT2D eigenvalue weighted by molar-refractivity contribution is -0.124. The van der Waals surface area contributed by atoms with E-state index in [1.807, 2.05) is 17.5 Å². The maximum Gasteiger partial charge on any atom is 0.332 e. The average molecular weight is 472 g/mol. The zero-order valence-electron chi connectivity index (χ0n) is 16.8. The van der Waals surface area contributed by atoms with E-state index >= 15 is 0 Å². The Morgan fingerprint density at radius 3 is 2.56 bits per heavy atom. The molecular weight excluding hydrogens is 453 g/mol. The standard InChI is InChI=1S/C23H19ClFN3O3S/c24-15-3-1-4-18(13-15)28-22(30)20(14-21(29)26-17-8-6-16(25)7-9-17)27(23(28)31)11-10-19-5-2-12-32-19/h1-9,12-13,20H,10-11,14H2,(H,26,29)/t20-/m0/s1. The van der Waals surface area contributed by atoms with Crippen molar-refractivity contribution in [3.63, 3.8) is 0 Å². The molecule has 0 aliphatic carbocycles. The molecule has 9 heteroatoms. The van der Waals surface area contributed by atoms with Gasteiger partial charge >= 0.3 is 6.03 Å². The van der Waals surface area contributed by atoms with Gasteiger partial charge in [-0.25, -0.2) is 14.1 Å². The molecule has 1 aromatic heterocycles. The van der Waals surface area contributed by atoms with Crippen LogP contribution in [0.15, 0.2) is 66.0 Å². The number of carbonyl (C=O) groups is 3. The van der Waals surface area contributed by atoms with Crippen LogP contribution in [-0.2, 0) is 16.0 Å². The van der Waals surface area contributed by atoms with Crippen LogP contribution in [-0.4, -0.2) is 35.3 Å². The molecule has 0 bridgehead atoms. The van der Waals surface area contributed by atoms with E-state index in [4.69, 9.17) is 11.6 Å². The van der Waals surface area contributed by atoms with Crippen molar-refractivity contribution < 1.29 is 18.8 Å². The van der Waals surface area contributed by atoms with Crippen LogP contribution in [0.5, 0.6) is 0 Å². The van der Waals surface area contributed by atoms with Gasteiger partial charge < -0.3 is 10.2 Å². The van der Waals surface area contributed by atoms with Gasteiger partial charge in [-0.1, -0.05) is 23.7 Å². The third kappa shape index (κ3) is 4.81. The van der Waals surface area contributed by atoms with E-state index in [0.717, 1.165) is 9.78 Å². The summed E-state index contributed by atoms with van der Waals surface area (Å²) in [5.41, 5.74) is 0.764. The van der Waals surface area contributed by atoms with E-state index in [9.17, 15) is 18.8 Å². The highest BCUT2D eigenvalue weighted by Gasteiger charge is 2.46. The Hall–Kier alpha value is -3.23. The summed E-state index contributed by atoms with van der Waals surface area (Å²) in [5.74, 6) is -1.36. The molecule has 0 unspecified atom stereocenters. The fraction of sp³-hybridized carbons (Fsp3) is 0.174. The maximum atomic E-state index is 13.2. The van der Waals surface area contributed by atoms with E-state index in [0.29, 0.717) is 22.8 Å². The quantitative estimate of drug-likeness (QED) is 0.496. The second-order valence-electron chi connectivity index (χ2n) is 7.23. The summed E-state index contributed by atoms with van der Waals surface area (Å²) < 4.78 is 13.1. The first kappa shape index (κ1) is 22.0. The minimum atomic E-state index is -0.957. The van der Waals surface area contributed by atoms with E-state index in [-0.39, 0.29) is 13.0 Å². The molecule has 0 spiro atoms. The van der Waals surface area contributed by atoms with Crippen molar-refractivity contribution in [1.29, 1.82) is 0 Å². The number of hydrogen-bond donors (Lipinski definition) is 1. The van der Waals surface area contributed by atoms with Crippen molar-refractivity contribution in [2.45, 2.75) is 18.9 Å². The molecule has 2 aromatic carbocycles. The Balaban J connectivity index is 1.55. The highest BCUT2D eigenvalue weighted by atomic mass is 35.5. The summed E-state index contributed by atoms with van der Waals surface area (Å²) >= 11 is 7.62. The topological polar surface area (TPSA) is 69.7 Å². The third-order valence-electron chi connectivity index (χ3n) is 5.07. The van der Waals surface area contributed by atoms with Crippen molar-refractivity contribution in [1.82, 2.24) is 4.90 Å². The molecule has 1 aliphatic heterocycles. The fourth-order valence-electron chi connectivity index (χ4n) is 3.55. The first-order chi connectivity index (χ1) is 15.4. The summed E-state index contributed by atoms with van der Waals surface area (Å²) in [7, 11) is 0. The van der Waals surface area contributed by atoms with Crippen LogP contribution in [0.1, 0.15) is 11.3 Å². The molecule has 4 rings (SSSR count). The van der Waals surface area contributed by atoms with Crippen LogP contribution in [0.4, 0.5) is 20.6 Å². The molecule has 1 aliphatic rings. The first-order valence-electron chi connectivity index (χ1n) is 9.90. The zero-order valence-corrected chi connectivity index (χ0v) is 18.4. The lowest BCUT2D eigenvalue weighted by atomic mass is 10.1. The number of nitrogens with one attached hydrogen (secondary N) is 1. The monoisotopic (exact) mass is 471 g/mol. The van der Waals surface area contributed by atoms with Crippen LogP contribution in [0.2, 0.25) is 5.02 Å². The summed E-state index contributed by atoms with van der Waals surface area (Å²) in [6.45, 7) is 0.288. The molecule has 164 valence electrons. The lowest BCUT2D eigenvalue weighted by Crippen LogP contribution is -2.39. The number of anilines is 2. The van der Waals surface area contributed by atoms with Crippen LogP contribution in [0, 0.1) is 5.82 Å². The molecule has 6 nitrogen and oxygen atoms in total. The number of amides is 4. The molecule has 32 heavy (non-hydrogen) atoms. The number of imide groups is 1. The van der Waals surface area contributed by atoms with Crippen molar-refractivity contribution >= 4 is 52.2 Å². The molecule has 3 aromatic rings. The number of rotatable bonds is 7. The van der Waals surface area contributed by atoms with Gasteiger partial charge in [0.25, 0.3) is 5.91 Å². The SMILES string of the molecule is O=C(C[C@H]1C(=O)N(c2cccc(Cl)c2)C(=O)N1CCc1cccs1)Nc1ccc(F)cc1. The largest absolute Gasteiger partial charge is 0.332 e. The zero-order chi connectivity index (χ0) is 22.7. The number of halogens is 2. The Bertz CT molecular complexity index is 1140. The number of nitrogens with zero attached hydrogens (tertiary/aromatic N) is 2. The molecule has 1 atom stereocenters. The van der Waals surface area contributed by atoms with Gasteiger partial charge in [0, 0.05) is 22.1 Å². The smallest absolute Gasteiger partial charge is 0.326 e. The van der Waals surface area contributed by atoms with Crippen LogP contribution >= 0.6 is 22.9 Å². The third-order valence-corrected chi connectivity index (χ3v) is 6.24. The summed E-state index contributed by atoms with van der Waals surface area (Å²) in [6, 6.07) is 14.2. The fourth-order valence-corrected chi connectivity index (χ4v) is 4.43. The number of benzene rings is 2. The average Bonchev–Trinajstić information content (AvgIpc) is 3.35. The van der Waals surface area contributed by atoms with E-state index in [1.165, 1.54) is 35.2 Å². The molecular formula is C23H19ClFN3O3S. The van der Waals surface area contributed by atoms with Crippen molar-refractivity contribution in [2.24, 2.45) is 0 Å². The van der Waals surface area contributed by atoms with E-state index in [2.05, 4.69) is 5.32 Å². The van der Waals surface area contributed by atoms with Crippen LogP contribution in [0.25, 0.3) is 0 Å². The van der Waals surface area contributed by atoms with Gasteiger partial charge in [0.15, 0.2) is 0 Å². The van der Waals surface area contributed by atoms with Gasteiger partial charge in [-0.2, -0.15) is 0 Å². The number of carbonyl (C=O) groups excluding carboxylic acids is 3. The Kier molecular flexibility index (Phi) is 6.53. The van der Waals surface area contributed by atoms with E-state index in [1.54, 1.807) is 29.5 Å². The predicted octanol–water partition coefficient (Wildman–Crippen LogP) is 4.95. The van der Waals surface area contributed by atoms with Gasteiger partial charge in [0.2, 0.25) is 5.91 Å². The van der Waals surface area contributed by atoms with Crippen molar-refractivity contribution in [3.05, 3.63) is 81.8 Å². The normalized spacial score (nSPS) is 16.0. The van der Waals surface area contributed by atoms with Crippen molar-refractivity contribution in [2.75, 3.05) is 16.8 Å². The Morgan fingerprint density at radius 1 is 1.09 bits per heavy atom. The van der Waals surface area contributed by atoms with E-state index < -0.39 is 29.7 Å². The molecule has 4 amide bonds. The summed E-state index contributed by atoms with van der Waals surface area (Å²) in [4.78, 5) is 42.6. The maximum absolute atomic E-state index is 13.2. The second-order valence-corrected chi connectivity index (χ2v) is 8.70. The Labute approximate surface area is 193 Å².